The van der Waals surface area contributed by atoms with Gasteiger partial charge in [0.2, 0.25) is 0 Å². The maximum absolute atomic E-state index is 12.5. The van der Waals surface area contributed by atoms with Crippen molar-refractivity contribution in [3.63, 3.8) is 0 Å². The number of sulfonamides is 2. The highest BCUT2D eigenvalue weighted by atomic mass is 35.5. The van der Waals surface area contributed by atoms with Gasteiger partial charge in [-0.1, -0.05) is 47.5 Å². The van der Waals surface area contributed by atoms with Crippen molar-refractivity contribution in [1.29, 1.82) is 0 Å². The van der Waals surface area contributed by atoms with E-state index in [2.05, 4.69) is 14.2 Å². The normalized spacial score (nSPS) is 11.5. The van der Waals surface area contributed by atoms with Gasteiger partial charge in [-0.2, -0.15) is 0 Å². The first kappa shape index (κ1) is 36.8. The molecule has 0 unspecified atom stereocenters. The Morgan fingerprint density at radius 2 is 1.11 bits per heavy atom. The molecule has 4 aromatic carbocycles. The summed E-state index contributed by atoms with van der Waals surface area (Å²) in [4.78, 5) is 21.8. The molecule has 0 fully saturated rings. The topological polar surface area (TPSA) is 156 Å². The van der Waals surface area contributed by atoms with Crippen molar-refractivity contribution in [3.8, 4) is 0 Å². The Kier molecular flexibility index (Phi) is 12.8. The quantitative estimate of drug-likeness (QED) is 0.115. The van der Waals surface area contributed by atoms with Gasteiger partial charge in [0.05, 0.1) is 16.9 Å². The summed E-state index contributed by atoms with van der Waals surface area (Å²) in [7, 11) is -6.26. The van der Waals surface area contributed by atoms with Gasteiger partial charge in [0.1, 0.15) is 0 Å². The minimum Gasteiger partial charge on any atom is -0.478 e. The first-order valence-electron chi connectivity index (χ1n) is 13.5. The number of carbonyl (C=O) groups excluding carboxylic acids is 1. The largest absolute Gasteiger partial charge is 0.478 e. The maximum atomic E-state index is 12.5. The van der Waals surface area contributed by atoms with Crippen LogP contribution in [0.15, 0.2) is 107 Å². The summed E-state index contributed by atoms with van der Waals surface area (Å²) in [5.41, 5.74) is 3.39. The van der Waals surface area contributed by atoms with Gasteiger partial charge in [-0.15, -0.1) is 0 Å². The van der Waals surface area contributed by atoms with Crippen molar-refractivity contribution >= 4 is 78.7 Å². The molecule has 10 nitrogen and oxygen atoms in total. The van der Waals surface area contributed by atoms with E-state index in [1.165, 1.54) is 49.6 Å². The zero-order chi connectivity index (χ0) is 34.8. The lowest BCUT2D eigenvalue weighted by atomic mass is 10.2. The van der Waals surface area contributed by atoms with Gasteiger partial charge in [-0.05, 0) is 109 Å². The van der Waals surface area contributed by atoms with Crippen LogP contribution in [0, 0.1) is 13.8 Å². The minimum absolute atomic E-state index is 0.0395. The fourth-order valence-corrected chi connectivity index (χ4v) is 6.26. The monoisotopic (exact) mass is 716 g/mol. The molecule has 0 aliphatic rings. The van der Waals surface area contributed by atoms with Gasteiger partial charge in [0.25, 0.3) is 20.0 Å². The van der Waals surface area contributed by atoms with Crippen molar-refractivity contribution in [3.05, 3.63) is 129 Å². The van der Waals surface area contributed by atoms with Gasteiger partial charge >= 0.3 is 11.9 Å². The number of halogens is 2. The Bertz CT molecular complexity index is 2060. The Labute approximate surface area is 283 Å². The summed E-state index contributed by atoms with van der Waals surface area (Å²) in [5, 5.41) is 9.73. The first-order valence-corrected chi connectivity index (χ1v) is 17.3. The average Bonchev–Trinajstić information content (AvgIpc) is 3.03. The SMILES string of the molecule is COC(=O)/C=C/c1cccc(S(=O)(=O)Nc2ccc(Cl)c(C)c2)c1.Cc1cc(NS(=O)(=O)c2cccc(/C=C/C(=O)O)c2)ccc1Cl. The lowest BCUT2D eigenvalue weighted by Crippen LogP contribution is -2.13. The van der Waals surface area contributed by atoms with E-state index in [0.29, 0.717) is 32.5 Å². The number of methoxy groups -OCH3 is 1. The summed E-state index contributed by atoms with van der Waals surface area (Å²) in [5.74, 6) is -1.62. The summed E-state index contributed by atoms with van der Waals surface area (Å²) in [6.45, 7) is 3.57. The van der Waals surface area contributed by atoms with E-state index in [4.69, 9.17) is 28.3 Å². The standard InChI is InChI=1S/C17H16ClNO4S.C16H14ClNO4S/c1-12-10-14(7-8-16(12)18)19-24(21,22)15-5-3-4-13(11-15)6-9-17(20)23-2;1-11-9-13(6-7-15(11)17)18-23(21,22)14-4-2-3-12(10-14)5-8-16(19)20/h3-11,19H,1-2H3;2-10,18H,1H3,(H,19,20)/b9-6+;8-5+. The summed E-state index contributed by atoms with van der Waals surface area (Å²) in [6, 6.07) is 21.9. The van der Waals surface area contributed by atoms with E-state index in [1.54, 1.807) is 74.5 Å². The highest BCUT2D eigenvalue weighted by molar-refractivity contribution is 7.93. The third-order valence-corrected chi connectivity index (χ3v) is 9.79. The van der Waals surface area contributed by atoms with Crippen LogP contribution >= 0.6 is 23.2 Å². The van der Waals surface area contributed by atoms with Crippen LogP contribution in [-0.2, 0) is 34.4 Å². The van der Waals surface area contributed by atoms with E-state index in [0.717, 1.165) is 17.2 Å². The number of carboxylic acids is 1. The van der Waals surface area contributed by atoms with Crippen molar-refractivity contribution in [2.45, 2.75) is 23.6 Å². The van der Waals surface area contributed by atoms with E-state index in [-0.39, 0.29) is 9.79 Å². The molecule has 3 N–H and O–H groups in total. The molecule has 4 aromatic rings. The predicted molar refractivity (Wildman–Crippen MR) is 185 cm³/mol. The van der Waals surface area contributed by atoms with Gasteiger partial charge < -0.3 is 9.84 Å². The number of rotatable bonds is 10. The number of hydrogen-bond donors (Lipinski definition) is 3. The molecule has 0 saturated heterocycles. The third kappa shape index (κ3) is 11.3. The lowest BCUT2D eigenvalue weighted by Gasteiger charge is -2.10. The van der Waals surface area contributed by atoms with Crippen molar-refractivity contribution in [2.24, 2.45) is 0 Å². The molecule has 0 aromatic heterocycles. The highest BCUT2D eigenvalue weighted by Crippen LogP contribution is 2.24. The maximum Gasteiger partial charge on any atom is 0.330 e. The van der Waals surface area contributed by atoms with Gasteiger partial charge in [0, 0.05) is 33.6 Å². The van der Waals surface area contributed by atoms with Gasteiger partial charge in [-0.3, -0.25) is 9.44 Å². The summed E-state index contributed by atoms with van der Waals surface area (Å²) in [6.07, 6.45) is 4.98. The van der Waals surface area contributed by atoms with E-state index < -0.39 is 32.0 Å². The molecule has 246 valence electrons. The van der Waals surface area contributed by atoms with Crippen LogP contribution in [0.1, 0.15) is 22.3 Å². The predicted octanol–water partition coefficient (Wildman–Crippen LogP) is 7.18. The number of ether oxygens (including phenoxy) is 1. The molecule has 0 bridgehead atoms. The molecule has 14 heteroatoms. The molecule has 0 spiro atoms. The number of benzene rings is 4. The molecule has 0 aliphatic carbocycles. The second-order valence-electron chi connectivity index (χ2n) is 9.81. The van der Waals surface area contributed by atoms with Crippen LogP contribution in [0.5, 0.6) is 0 Å². The lowest BCUT2D eigenvalue weighted by molar-refractivity contribution is -0.135. The van der Waals surface area contributed by atoms with E-state index >= 15 is 0 Å². The van der Waals surface area contributed by atoms with Gasteiger partial charge in [0.15, 0.2) is 0 Å². The molecule has 47 heavy (non-hydrogen) atoms. The molecular formula is C33H30Cl2N2O8S2. The van der Waals surface area contributed by atoms with Crippen LogP contribution in [0.25, 0.3) is 12.2 Å². The molecule has 0 atom stereocenters. The zero-order valence-electron chi connectivity index (χ0n) is 25.3. The number of anilines is 2. The molecular weight excluding hydrogens is 687 g/mol. The number of aryl methyl sites for hydroxylation is 2. The fraction of sp³-hybridized carbons (Fsp3) is 0.0909. The van der Waals surface area contributed by atoms with Crippen LogP contribution < -0.4 is 9.44 Å². The Hall–Kier alpha value is -4.62. The smallest absolute Gasteiger partial charge is 0.330 e. The Morgan fingerprint density at radius 3 is 1.49 bits per heavy atom. The second kappa shape index (κ2) is 16.3. The molecule has 0 aliphatic heterocycles. The van der Waals surface area contributed by atoms with Gasteiger partial charge in [-0.25, -0.2) is 26.4 Å². The van der Waals surface area contributed by atoms with Crippen LogP contribution in [0.2, 0.25) is 10.0 Å². The molecule has 0 amide bonds. The van der Waals surface area contributed by atoms with E-state index in [9.17, 15) is 26.4 Å². The molecule has 4 rings (SSSR count). The number of aliphatic carboxylic acids is 1. The van der Waals surface area contributed by atoms with Crippen molar-refractivity contribution in [2.75, 3.05) is 16.6 Å². The third-order valence-electron chi connectivity index (χ3n) is 6.19. The number of carboxylic acid groups (broad SMARTS) is 1. The molecule has 0 radical (unpaired) electrons. The fourth-order valence-electron chi connectivity index (χ4n) is 3.82. The minimum atomic E-state index is -3.78. The average molecular weight is 718 g/mol. The number of hydrogen-bond acceptors (Lipinski definition) is 7. The zero-order valence-corrected chi connectivity index (χ0v) is 28.4. The first-order chi connectivity index (χ1) is 22.1. The van der Waals surface area contributed by atoms with Crippen LogP contribution in [-0.4, -0.2) is 41.0 Å². The second-order valence-corrected chi connectivity index (χ2v) is 14.0. The molecule has 0 heterocycles. The number of nitrogens with one attached hydrogen (secondary N) is 2. The van der Waals surface area contributed by atoms with Crippen molar-refractivity contribution < 1.29 is 36.3 Å². The summed E-state index contributed by atoms with van der Waals surface area (Å²) >= 11 is 11.9. The Balaban J connectivity index is 0.000000256. The molecule has 0 saturated carbocycles. The number of esters is 1. The Morgan fingerprint density at radius 1 is 0.681 bits per heavy atom. The van der Waals surface area contributed by atoms with E-state index in [1.807, 2.05) is 0 Å². The van der Waals surface area contributed by atoms with Crippen molar-refractivity contribution in [1.82, 2.24) is 0 Å². The summed E-state index contributed by atoms with van der Waals surface area (Å²) < 4.78 is 59.3. The highest BCUT2D eigenvalue weighted by Gasteiger charge is 2.16. The van der Waals surface area contributed by atoms with Crippen LogP contribution in [0.3, 0.4) is 0 Å². The number of carbonyl (C=O) groups is 2. The van der Waals surface area contributed by atoms with Crippen LogP contribution in [0.4, 0.5) is 11.4 Å².